The minimum Gasteiger partial charge on any atom is -0.356 e. The van der Waals surface area contributed by atoms with Crippen LogP contribution < -0.4 is 10.6 Å². The molecule has 2 heterocycles. The molecule has 22 heavy (non-hydrogen) atoms. The maximum atomic E-state index is 12.0. The molecule has 0 bridgehead atoms. The highest BCUT2D eigenvalue weighted by Gasteiger charge is 2.21. The summed E-state index contributed by atoms with van der Waals surface area (Å²) >= 11 is 0. The topological polar surface area (TPSA) is 59.0 Å². The number of hydrogen-bond acceptors (Lipinski definition) is 3. The molecule has 0 aliphatic carbocycles. The maximum absolute atomic E-state index is 12.0. The van der Waals surface area contributed by atoms with Gasteiger partial charge in [-0.2, -0.15) is 0 Å². The second-order valence-electron chi connectivity index (χ2n) is 6.51. The van der Waals surface area contributed by atoms with Crippen molar-refractivity contribution in [1.29, 1.82) is 0 Å². The van der Waals surface area contributed by atoms with E-state index in [2.05, 4.69) is 27.1 Å². The van der Waals surface area contributed by atoms with E-state index in [4.69, 9.17) is 0 Å². The number of carbonyl (C=O) groups is 1. The Morgan fingerprint density at radius 3 is 3.09 bits per heavy atom. The Balaban J connectivity index is 1.54. The van der Waals surface area contributed by atoms with Crippen molar-refractivity contribution in [3.05, 3.63) is 18.2 Å². The van der Waals surface area contributed by atoms with Gasteiger partial charge in [-0.3, -0.25) is 4.79 Å². The van der Waals surface area contributed by atoms with Crippen LogP contribution in [-0.2, 0) is 11.3 Å². The molecule has 5 heteroatoms. The van der Waals surface area contributed by atoms with Crippen LogP contribution in [0.2, 0.25) is 0 Å². The van der Waals surface area contributed by atoms with Gasteiger partial charge in [0.2, 0.25) is 5.91 Å². The first-order valence-corrected chi connectivity index (χ1v) is 8.62. The number of rotatable bonds is 8. The zero-order valence-corrected chi connectivity index (χ0v) is 14.0. The zero-order valence-electron chi connectivity index (χ0n) is 14.0. The second-order valence-corrected chi connectivity index (χ2v) is 6.51. The van der Waals surface area contributed by atoms with Crippen molar-refractivity contribution in [2.75, 3.05) is 19.6 Å². The molecule has 2 unspecified atom stereocenters. The van der Waals surface area contributed by atoms with E-state index in [-0.39, 0.29) is 5.91 Å². The fraction of sp³-hybridized carbons (Fsp3) is 0.765. The van der Waals surface area contributed by atoms with Gasteiger partial charge in [-0.1, -0.05) is 6.92 Å². The van der Waals surface area contributed by atoms with E-state index in [1.807, 2.05) is 19.3 Å². The van der Waals surface area contributed by atoms with Crippen LogP contribution in [0.15, 0.2) is 12.4 Å². The number of imidazole rings is 1. The first-order valence-electron chi connectivity index (χ1n) is 8.62. The summed E-state index contributed by atoms with van der Waals surface area (Å²) < 4.78 is 2.15. The Morgan fingerprint density at radius 1 is 1.55 bits per heavy atom. The van der Waals surface area contributed by atoms with Gasteiger partial charge in [-0.15, -0.1) is 0 Å². The SMILES string of the molecule is Cc1nccn1CCCCNC(=O)CC(C)C1CCCNC1. The van der Waals surface area contributed by atoms with Crippen LogP contribution >= 0.6 is 0 Å². The highest BCUT2D eigenvalue weighted by Crippen LogP contribution is 2.22. The molecule has 0 saturated carbocycles. The molecule has 2 atom stereocenters. The molecular weight excluding hydrogens is 276 g/mol. The van der Waals surface area contributed by atoms with Crippen molar-refractivity contribution in [3.63, 3.8) is 0 Å². The van der Waals surface area contributed by atoms with Crippen molar-refractivity contribution >= 4 is 5.91 Å². The van der Waals surface area contributed by atoms with Crippen molar-refractivity contribution in [2.24, 2.45) is 11.8 Å². The largest absolute Gasteiger partial charge is 0.356 e. The summed E-state index contributed by atoms with van der Waals surface area (Å²) in [5, 5.41) is 6.49. The van der Waals surface area contributed by atoms with Gasteiger partial charge in [0.1, 0.15) is 5.82 Å². The Hall–Kier alpha value is -1.36. The molecule has 1 aromatic rings. The molecule has 1 fully saturated rings. The van der Waals surface area contributed by atoms with E-state index >= 15 is 0 Å². The molecular formula is C17H30N4O. The Bertz CT molecular complexity index is 451. The molecule has 124 valence electrons. The predicted octanol–water partition coefficient (Wildman–Crippen LogP) is 2.11. The number of carbonyl (C=O) groups excluding carboxylic acids is 1. The number of aryl methyl sites for hydroxylation is 2. The number of piperidine rings is 1. The van der Waals surface area contributed by atoms with Gasteiger partial charge < -0.3 is 15.2 Å². The Labute approximate surface area is 133 Å². The van der Waals surface area contributed by atoms with Crippen molar-refractivity contribution < 1.29 is 4.79 Å². The third-order valence-corrected chi connectivity index (χ3v) is 4.72. The Morgan fingerprint density at radius 2 is 2.41 bits per heavy atom. The summed E-state index contributed by atoms with van der Waals surface area (Å²) in [7, 11) is 0. The van der Waals surface area contributed by atoms with E-state index in [0.29, 0.717) is 18.3 Å². The van der Waals surface area contributed by atoms with E-state index in [1.54, 1.807) is 0 Å². The van der Waals surface area contributed by atoms with Crippen LogP contribution in [0, 0.1) is 18.8 Å². The fourth-order valence-electron chi connectivity index (χ4n) is 3.17. The molecule has 1 aromatic heterocycles. The molecule has 1 aliphatic heterocycles. The van der Waals surface area contributed by atoms with Crippen molar-refractivity contribution in [3.8, 4) is 0 Å². The average Bonchev–Trinajstić information content (AvgIpc) is 2.93. The summed E-state index contributed by atoms with van der Waals surface area (Å²) in [5.41, 5.74) is 0. The highest BCUT2D eigenvalue weighted by molar-refractivity contribution is 5.76. The molecule has 1 saturated heterocycles. The first kappa shape index (κ1) is 17.0. The molecule has 5 nitrogen and oxygen atoms in total. The Kier molecular flexibility index (Phi) is 6.90. The van der Waals surface area contributed by atoms with Gasteiger partial charge in [-0.25, -0.2) is 4.98 Å². The van der Waals surface area contributed by atoms with Gasteiger partial charge >= 0.3 is 0 Å². The van der Waals surface area contributed by atoms with Crippen LogP contribution in [0.1, 0.15) is 44.9 Å². The summed E-state index contributed by atoms with van der Waals surface area (Å²) in [6.45, 7) is 8.18. The zero-order chi connectivity index (χ0) is 15.8. The molecule has 0 spiro atoms. The second kappa shape index (κ2) is 8.93. The molecule has 2 N–H and O–H groups in total. The highest BCUT2D eigenvalue weighted by atomic mass is 16.1. The van der Waals surface area contributed by atoms with Crippen molar-refractivity contribution in [2.45, 2.75) is 52.5 Å². The third-order valence-electron chi connectivity index (χ3n) is 4.72. The van der Waals surface area contributed by atoms with Crippen LogP contribution in [0.5, 0.6) is 0 Å². The van der Waals surface area contributed by atoms with Gasteiger partial charge in [0.05, 0.1) is 0 Å². The van der Waals surface area contributed by atoms with Crippen LogP contribution in [0.4, 0.5) is 0 Å². The third kappa shape index (κ3) is 5.44. The summed E-state index contributed by atoms with van der Waals surface area (Å²) in [4.78, 5) is 16.2. The number of amides is 1. The normalized spacial score (nSPS) is 19.8. The summed E-state index contributed by atoms with van der Waals surface area (Å²) in [6, 6.07) is 0. The molecule has 0 radical (unpaired) electrons. The lowest BCUT2D eigenvalue weighted by molar-refractivity contribution is -0.122. The van der Waals surface area contributed by atoms with Gasteiger partial charge in [0.15, 0.2) is 0 Å². The molecule has 1 aliphatic rings. The monoisotopic (exact) mass is 306 g/mol. The number of nitrogens with zero attached hydrogens (tertiary/aromatic N) is 2. The van der Waals surface area contributed by atoms with E-state index in [1.165, 1.54) is 12.8 Å². The fourth-order valence-corrected chi connectivity index (χ4v) is 3.17. The van der Waals surface area contributed by atoms with E-state index in [0.717, 1.165) is 44.8 Å². The lowest BCUT2D eigenvalue weighted by Gasteiger charge is -2.28. The number of unbranched alkanes of at least 4 members (excludes halogenated alkanes) is 1. The van der Waals surface area contributed by atoms with Crippen LogP contribution in [0.3, 0.4) is 0 Å². The minimum atomic E-state index is 0.205. The van der Waals surface area contributed by atoms with Gasteiger partial charge in [-0.05, 0) is 57.5 Å². The smallest absolute Gasteiger partial charge is 0.220 e. The van der Waals surface area contributed by atoms with Gasteiger partial charge in [0.25, 0.3) is 0 Å². The van der Waals surface area contributed by atoms with Crippen LogP contribution in [-0.4, -0.2) is 35.1 Å². The van der Waals surface area contributed by atoms with Crippen LogP contribution in [0.25, 0.3) is 0 Å². The quantitative estimate of drug-likeness (QED) is 0.723. The lowest BCUT2D eigenvalue weighted by atomic mass is 9.85. The molecule has 2 rings (SSSR count). The maximum Gasteiger partial charge on any atom is 0.220 e. The number of hydrogen-bond donors (Lipinski definition) is 2. The molecule has 0 aromatic carbocycles. The lowest BCUT2D eigenvalue weighted by Crippen LogP contribution is -2.35. The van der Waals surface area contributed by atoms with Crippen molar-refractivity contribution in [1.82, 2.24) is 20.2 Å². The van der Waals surface area contributed by atoms with Gasteiger partial charge in [0, 0.05) is 31.9 Å². The van der Waals surface area contributed by atoms with E-state index < -0.39 is 0 Å². The average molecular weight is 306 g/mol. The summed E-state index contributed by atoms with van der Waals surface area (Å²) in [6.07, 6.45) is 9.08. The number of nitrogens with one attached hydrogen (secondary N) is 2. The first-order chi connectivity index (χ1) is 10.7. The standard InChI is InChI=1S/C17H30N4O/c1-14(16-6-5-7-18-13-16)12-17(22)20-8-3-4-10-21-11-9-19-15(21)2/h9,11,14,16,18H,3-8,10,12-13H2,1-2H3,(H,20,22). The molecule has 1 amide bonds. The van der Waals surface area contributed by atoms with E-state index in [9.17, 15) is 4.79 Å². The minimum absolute atomic E-state index is 0.205. The predicted molar refractivity (Wildman–Crippen MR) is 88.6 cm³/mol. The summed E-state index contributed by atoms with van der Waals surface area (Å²) in [5.74, 6) is 2.39. The number of aromatic nitrogens is 2.